The molecule has 7 nitrogen and oxygen atoms in total. The topological polar surface area (TPSA) is 81.0 Å². The number of benzene rings is 2. The normalized spacial score (nSPS) is 17.9. The van der Waals surface area contributed by atoms with E-state index in [4.69, 9.17) is 0 Å². The Kier molecular flexibility index (Phi) is 4.66. The van der Waals surface area contributed by atoms with E-state index < -0.39 is 0 Å². The molecule has 0 aliphatic carbocycles. The van der Waals surface area contributed by atoms with Crippen molar-refractivity contribution in [3.63, 3.8) is 0 Å². The first-order chi connectivity index (χ1) is 16.5. The van der Waals surface area contributed by atoms with Gasteiger partial charge in [0.2, 0.25) is 0 Å². The third kappa shape index (κ3) is 3.24. The number of anilines is 1. The molecular formula is C26H23FN6O. The molecule has 1 saturated heterocycles. The molecule has 8 heteroatoms. The van der Waals surface area contributed by atoms with Crippen LogP contribution in [0.25, 0.3) is 22.2 Å². The summed E-state index contributed by atoms with van der Waals surface area (Å²) >= 11 is 0. The summed E-state index contributed by atoms with van der Waals surface area (Å²) in [6.45, 7) is 2.08. The lowest BCUT2D eigenvalue weighted by molar-refractivity contribution is 0.0685. The summed E-state index contributed by atoms with van der Waals surface area (Å²) in [6.07, 6.45) is 5.59. The van der Waals surface area contributed by atoms with Gasteiger partial charge in [0.05, 0.1) is 17.3 Å². The predicted molar refractivity (Wildman–Crippen MR) is 127 cm³/mol. The Bertz CT molecular complexity index is 1480. The molecule has 170 valence electrons. The quantitative estimate of drug-likeness (QED) is 0.503. The molecular weight excluding hydrogens is 431 g/mol. The minimum absolute atomic E-state index is 0.0409. The number of carbonyl (C=O) groups excluding carboxylic acids is 1. The maximum Gasteiger partial charge on any atom is 0.254 e. The molecule has 6 rings (SSSR count). The van der Waals surface area contributed by atoms with Crippen molar-refractivity contribution in [1.29, 1.82) is 5.26 Å². The molecule has 0 bridgehead atoms. The molecule has 2 aromatic carbocycles. The first-order valence-corrected chi connectivity index (χ1v) is 11.4. The Labute approximate surface area is 196 Å². The second kappa shape index (κ2) is 7.73. The van der Waals surface area contributed by atoms with Crippen molar-refractivity contribution in [2.75, 3.05) is 18.0 Å². The van der Waals surface area contributed by atoms with Crippen LogP contribution in [0.1, 0.15) is 34.3 Å². The summed E-state index contributed by atoms with van der Waals surface area (Å²) in [5.41, 5.74) is 5.67. The number of aromatic amines is 1. The first-order valence-electron chi connectivity index (χ1n) is 11.4. The van der Waals surface area contributed by atoms with E-state index in [2.05, 4.69) is 27.1 Å². The number of fused-ring (bicyclic) bond motifs is 2. The van der Waals surface area contributed by atoms with E-state index in [9.17, 15) is 14.4 Å². The zero-order valence-electron chi connectivity index (χ0n) is 18.8. The van der Waals surface area contributed by atoms with Gasteiger partial charge in [-0.05, 0) is 48.7 Å². The number of rotatable bonds is 3. The zero-order chi connectivity index (χ0) is 23.4. The van der Waals surface area contributed by atoms with Crippen LogP contribution in [0.4, 0.5) is 10.1 Å². The van der Waals surface area contributed by atoms with Gasteiger partial charge in [0.1, 0.15) is 11.9 Å². The summed E-state index contributed by atoms with van der Waals surface area (Å²) < 4.78 is 15.5. The fourth-order valence-corrected chi connectivity index (χ4v) is 5.31. The third-order valence-corrected chi connectivity index (χ3v) is 6.99. The maximum absolute atomic E-state index is 13.7. The predicted octanol–water partition coefficient (Wildman–Crippen LogP) is 4.20. The van der Waals surface area contributed by atoms with Crippen LogP contribution in [-0.4, -0.2) is 44.7 Å². The molecule has 2 aliphatic heterocycles. The summed E-state index contributed by atoms with van der Waals surface area (Å²) in [6, 6.07) is 12.7. The average molecular weight is 455 g/mol. The van der Waals surface area contributed by atoms with Gasteiger partial charge in [0.15, 0.2) is 0 Å². The summed E-state index contributed by atoms with van der Waals surface area (Å²) in [7, 11) is 1.87. The highest BCUT2D eigenvalue weighted by atomic mass is 19.1. The van der Waals surface area contributed by atoms with Crippen molar-refractivity contribution in [2.45, 2.75) is 25.4 Å². The largest absolute Gasteiger partial charge is 0.369 e. The van der Waals surface area contributed by atoms with Crippen molar-refractivity contribution in [3.05, 3.63) is 71.3 Å². The SMILES string of the molecule is Cn1cc(-c2cc3c(N4CCCC(N5Cc6ccc(F)cc6C5=O)C4)ccc(C#N)c3[nH]2)cn1. The van der Waals surface area contributed by atoms with Crippen LogP contribution in [0.15, 0.2) is 48.8 Å². The van der Waals surface area contributed by atoms with Gasteiger partial charge in [-0.25, -0.2) is 4.39 Å². The number of aryl methyl sites for hydroxylation is 1. The lowest BCUT2D eigenvalue weighted by Gasteiger charge is -2.39. The number of piperidine rings is 1. The van der Waals surface area contributed by atoms with Crippen LogP contribution in [0.2, 0.25) is 0 Å². The van der Waals surface area contributed by atoms with Crippen molar-refractivity contribution < 1.29 is 9.18 Å². The Morgan fingerprint density at radius 3 is 2.91 bits per heavy atom. The minimum Gasteiger partial charge on any atom is -0.369 e. The number of hydrogen-bond donors (Lipinski definition) is 1. The molecule has 4 aromatic rings. The van der Waals surface area contributed by atoms with E-state index >= 15 is 0 Å². The smallest absolute Gasteiger partial charge is 0.254 e. The van der Waals surface area contributed by atoms with E-state index in [0.717, 1.165) is 52.8 Å². The highest BCUT2D eigenvalue weighted by molar-refractivity contribution is 6.00. The van der Waals surface area contributed by atoms with Crippen molar-refractivity contribution >= 4 is 22.5 Å². The lowest BCUT2D eigenvalue weighted by Crippen LogP contribution is -2.48. The molecule has 1 atom stereocenters. The number of nitrogens with zero attached hydrogens (tertiary/aromatic N) is 5. The molecule has 0 spiro atoms. The molecule has 2 aliphatic rings. The van der Waals surface area contributed by atoms with Gasteiger partial charge in [-0.3, -0.25) is 9.48 Å². The Balaban J connectivity index is 1.33. The highest BCUT2D eigenvalue weighted by Crippen LogP contribution is 2.36. The summed E-state index contributed by atoms with van der Waals surface area (Å²) in [4.78, 5) is 20.6. The van der Waals surface area contributed by atoms with Crippen LogP contribution in [0.3, 0.4) is 0 Å². The number of amides is 1. The van der Waals surface area contributed by atoms with Crippen LogP contribution in [0.5, 0.6) is 0 Å². The summed E-state index contributed by atoms with van der Waals surface area (Å²) in [5.74, 6) is -0.470. The minimum atomic E-state index is -0.379. The number of halogens is 1. The van der Waals surface area contributed by atoms with E-state index in [-0.39, 0.29) is 17.8 Å². The second-order valence-corrected chi connectivity index (χ2v) is 9.10. The van der Waals surface area contributed by atoms with Gasteiger partial charge in [0, 0.05) is 66.8 Å². The molecule has 0 saturated carbocycles. The zero-order valence-corrected chi connectivity index (χ0v) is 18.8. The van der Waals surface area contributed by atoms with Gasteiger partial charge in [-0.1, -0.05) is 6.07 Å². The van der Waals surface area contributed by atoms with Gasteiger partial charge >= 0.3 is 0 Å². The highest BCUT2D eigenvalue weighted by Gasteiger charge is 2.35. The van der Waals surface area contributed by atoms with Gasteiger partial charge in [-0.15, -0.1) is 0 Å². The van der Waals surface area contributed by atoms with Crippen LogP contribution >= 0.6 is 0 Å². The van der Waals surface area contributed by atoms with Gasteiger partial charge in [0.25, 0.3) is 5.91 Å². The van der Waals surface area contributed by atoms with Crippen LogP contribution in [0, 0.1) is 17.1 Å². The number of aromatic nitrogens is 3. The fraction of sp³-hybridized carbons (Fsp3) is 0.269. The number of H-pyrrole nitrogens is 1. The van der Waals surface area contributed by atoms with Crippen molar-refractivity contribution in [2.24, 2.45) is 7.05 Å². The van der Waals surface area contributed by atoms with E-state index in [1.807, 2.05) is 30.3 Å². The molecule has 1 fully saturated rings. The molecule has 1 amide bonds. The third-order valence-electron chi connectivity index (χ3n) is 6.99. The maximum atomic E-state index is 13.7. The van der Waals surface area contributed by atoms with Crippen molar-refractivity contribution in [3.8, 4) is 17.3 Å². The van der Waals surface area contributed by atoms with Crippen molar-refractivity contribution in [1.82, 2.24) is 19.7 Å². The number of hydrogen-bond acceptors (Lipinski definition) is 4. The van der Waals surface area contributed by atoms with E-state index in [1.165, 1.54) is 12.1 Å². The summed E-state index contributed by atoms with van der Waals surface area (Å²) in [5, 5.41) is 14.9. The molecule has 2 aromatic heterocycles. The Hall–Kier alpha value is -4.12. The fourth-order valence-electron chi connectivity index (χ4n) is 5.31. The molecule has 4 heterocycles. The average Bonchev–Trinajstić information content (AvgIpc) is 3.56. The number of nitrogens with one attached hydrogen (secondary N) is 1. The molecule has 1 unspecified atom stereocenters. The van der Waals surface area contributed by atoms with Gasteiger partial charge in [-0.2, -0.15) is 10.4 Å². The lowest BCUT2D eigenvalue weighted by atomic mass is 10.0. The number of carbonyl (C=O) groups is 1. The van der Waals surface area contributed by atoms with Crippen LogP contribution < -0.4 is 4.90 Å². The Morgan fingerprint density at radius 1 is 1.24 bits per heavy atom. The standard InChI is InChI=1S/C26H23FN6O/c1-31-13-18(12-29-31)23-10-22-24(7-5-16(11-28)25(22)30-23)32-8-2-3-20(15-32)33-14-17-4-6-19(27)9-21(17)26(33)34/h4-7,9-10,12-13,20,30H,2-3,8,14-15H2,1H3. The first kappa shape index (κ1) is 20.5. The molecule has 34 heavy (non-hydrogen) atoms. The van der Waals surface area contributed by atoms with Crippen LogP contribution in [-0.2, 0) is 13.6 Å². The molecule has 0 radical (unpaired) electrons. The number of nitriles is 1. The molecule has 1 N–H and O–H groups in total. The van der Waals surface area contributed by atoms with Gasteiger partial charge < -0.3 is 14.8 Å². The Morgan fingerprint density at radius 2 is 2.12 bits per heavy atom. The van der Waals surface area contributed by atoms with E-state index in [1.54, 1.807) is 16.9 Å². The monoisotopic (exact) mass is 454 g/mol. The second-order valence-electron chi connectivity index (χ2n) is 9.10. The van der Waals surface area contributed by atoms with E-state index in [0.29, 0.717) is 24.2 Å².